The lowest BCUT2D eigenvalue weighted by atomic mass is 10.0. The van der Waals surface area contributed by atoms with Crippen molar-refractivity contribution < 1.29 is 19.1 Å². The number of hydrogen-bond donors (Lipinski definition) is 2. The first-order valence-corrected chi connectivity index (χ1v) is 11.7. The van der Waals surface area contributed by atoms with Gasteiger partial charge in [-0.05, 0) is 56.5 Å². The molecule has 1 atom stereocenters. The molecule has 0 bridgehead atoms. The number of nitrogens with zero attached hydrogens (tertiary/aromatic N) is 3. The van der Waals surface area contributed by atoms with Crippen LogP contribution in [0.5, 0.6) is 11.5 Å². The summed E-state index contributed by atoms with van der Waals surface area (Å²) in [6.45, 7) is 6.58. The number of hydrogen-bond acceptors (Lipinski definition) is 7. The zero-order chi connectivity index (χ0) is 25.5. The Morgan fingerprint density at radius 2 is 1.91 bits per heavy atom. The van der Waals surface area contributed by atoms with E-state index in [2.05, 4.69) is 26.6 Å². The van der Waals surface area contributed by atoms with Crippen LogP contribution in [0.15, 0.2) is 24.3 Å². The number of benzene rings is 1. The smallest absolute Gasteiger partial charge is 0.243 e. The summed E-state index contributed by atoms with van der Waals surface area (Å²) in [6, 6.07) is 8.76. The number of carbonyl (C=O) groups excluding carboxylic acids is 2. The number of methoxy groups -OCH3 is 2. The lowest BCUT2D eigenvalue weighted by Gasteiger charge is -2.34. The van der Waals surface area contributed by atoms with Crippen LogP contribution in [0.2, 0.25) is 0 Å². The van der Waals surface area contributed by atoms with Crippen molar-refractivity contribution in [1.29, 1.82) is 5.26 Å². The third kappa shape index (κ3) is 6.41. The third-order valence-electron chi connectivity index (χ3n) is 6.18. The van der Waals surface area contributed by atoms with E-state index in [-0.39, 0.29) is 24.3 Å². The quantitative estimate of drug-likeness (QED) is 0.597. The summed E-state index contributed by atoms with van der Waals surface area (Å²) in [5.74, 6) is 1.44. The molecule has 2 aromatic rings. The normalized spacial score (nSPS) is 14.6. The molecule has 3 rings (SSSR count). The molecule has 0 radical (unpaired) electrons. The molecule has 1 aromatic carbocycles. The Morgan fingerprint density at radius 3 is 2.51 bits per heavy atom. The first-order valence-electron chi connectivity index (χ1n) is 11.7. The Morgan fingerprint density at radius 1 is 1.20 bits per heavy atom. The van der Waals surface area contributed by atoms with E-state index >= 15 is 0 Å². The molecule has 0 unspecified atom stereocenters. The Labute approximate surface area is 206 Å². The first-order chi connectivity index (χ1) is 16.7. The molecule has 9 heteroatoms. The van der Waals surface area contributed by atoms with E-state index in [1.807, 2.05) is 26.0 Å². The molecule has 0 spiro atoms. The highest BCUT2D eigenvalue weighted by atomic mass is 16.5. The van der Waals surface area contributed by atoms with E-state index in [1.54, 1.807) is 26.4 Å². The predicted octanol–water partition coefficient (Wildman–Crippen LogP) is 2.42. The van der Waals surface area contributed by atoms with E-state index < -0.39 is 6.04 Å². The molecule has 1 saturated heterocycles. The molecule has 1 fully saturated rings. The second-order valence-corrected chi connectivity index (χ2v) is 8.80. The van der Waals surface area contributed by atoms with Gasteiger partial charge in [0.05, 0.1) is 19.8 Å². The number of nitriles is 1. The Balaban J connectivity index is 1.68. The number of piperidine rings is 1. The van der Waals surface area contributed by atoms with Gasteiger partial charge in [0.15, 0.2) is 0 Å². The number of aromatic nitrogens is 1. The van der Waals surface area contributed by atoms with Crippen LogP contribution in [-0.4, -0.2) is 56.2 Å². The van der Waals surface area contributed by atoms with Gasteiger partial charge in [-0.1, -0.05) is 0 Å². The van der Waals surface area contributed by atoms with Gasteiger partial charge in [0, 0.05) is 43.7 Å². The average Bonchev–Trinajstić information content (AvgIpc) is 2.83. The van der Waals surface area contributed by atoms with Crippen LogP contribution < -0.4 is 25.0 Å². The summed E-state index contributed by atoms with van der Waals surface area (Å²) in [4.78, 5) is 31.7. The minimum atomic E-state index is -0.752. The number of rotatable bonds is 8. The fraction of sp³-hybridized carbons (Fsp3) is 0.462. The number of carbonyl (C=O) groups is 2. The van der Waals surface area contributed by atoms with Crippen LogP contribution in [0.4, 0.5) is 5.82 Å². The van der Waals surface area contributed by atoms with Crippen LogP contribution in [-0.2, 0) is 16.0 Å². The highest BCUT2D eigenvalue weighted by Crippen LogP contribution is 2.27. The molecule has 9 nitrogen and oxygen atoms in total. The maximum atomic E-state index is 13.2. The molecular weight excluding hydrogens is 446 g/mol. The van der Waals surface area contributed by atoms with E-state index in [0.717, 1.165) is 16.8 Å². The molecule has 0 aliphatic carbocycles. The number of anilines is 1. The van der Waals surface area contributed by atoms with Crippen molar-refractivity contribution in [2.75, 3.05) is 32.2 Å². The number of pyridine rings is 1. The molecule has 1 aliphatic rings. The lowest BCUT2D eigenvalue weighted by molar-refractivity contribution is -0.128. The summed E-state index contributed by atoms with van der Waals surface area (Å²) >= 11 is 0. The molecule has 2 heterocycles. The maximum Gasteiger partial charge on any atom is 0.243 e. The SMILES string of the molecule is COc1ccc(OC)c(C[C@H](NC(C)=O)C(=O)NC2CCN(c3nc(C)cc(C)c3C#N)CC2)c1. The van der Waals surface area contributed by atoms with Crippen LogP contribution >= 0.6 is 0 Å². The number of amides is 2. The Bertz CT molecular complexity index is 1120. The summed E-state index contributed by atoms with van der Waals surface area (Å²) in [7, 11) is 3.14. The zero-order valence-electron chi connectivity index (χ0n) is 21.0. The fourth-order valence-corrected chi connectivity index (χ4v) is 4.44. The molecule has 35 heavy (non-hydrogen) atoms. The van der Waals surface area contributed by atoms with Crippen molar-refractivity contribution in [2.45, 2.75) is 52.1 Å². The highest BCUT2D eigenvalue weighted by Gasteiger charge is 2.28. The topological polar surface area (TPSA) is 117 Å². The van der Waals surface area contributed by atoms with Crippen LogP contribution in [0.3, 0.4) is 0 Å². The van der Waals surface area contributed by atoms with Gasteiger partial charge in [-0.3, -0.25) is 9.59 Å². The number of aryl methyl sites for hydroxylation is 2. The molecule has 1 aromatic heterocycles. The first kappa shape index (κ1) is 25.8. The molecule has 186 valence electrons. The van der Waals surface area contributed by atoms with E-state index in [4.69, 9.17) is 9.47 Å². The maximum absolute atomic E-state index is 13.2. The average molecular weight is 480 g/mol. The minimum Gasteiger partial charge on any atom is -0.497 e. The zero-order valence-corrected chi connectivity index (χ0v) is 21.0. The fourth-order valence-electron chi connectivity index (χ4n) is 4.44. The van der Waals surface area contributed by atoms with Gasteiger partial charge in [-0.2, -0.15) is 5.26 Å². The Kier molecular flexibility index (Phi) is 8.53. The largest absolute Gasteiger partial charge is 0.497 e. The van der Waals surface area contributed by atoms with Crippen molar-refractivity contribution in [1.82, 2.24) is 15.6 Å². The highest BCUT2D eigenvalue weighted by molar-refractivity contribution is 5.87. The molecule has 2 N–H and O–H groups in total. The van der Waals surface area contributed by atoms with E-state index in [0.29, 0.717) is 48.8 Å². The summed E-state index contributed by atoms with van der Waals surface area (Å²) in [6.07, 6.45) is 1.68. The van der Waals surface area contributed by atoms with Gasteiger partial charge in [0.2, 0.25) is 11.8 Å². The number of ether oxygens (including phenoxy) is 2. The van der Waals surface area contributed by atoms with Gasteiger partial charge in [-0.25, -0.2) is 4.98 Å². The van der Waals surface area contributed by atoms with Crippen molar-refractivity contribution in [3.05, 3.63) is 46.6 Å². The van der Waals surface area contributed by atoms with Gasteiger partial charge < -0.3 is 25.0 Å². The minimum absolute atomic E-state index is 0.0429. The van der Waals surface area contributed by atoms with Gasteiger partial charge in [-0.15, -0.1) is 0 Å². The van der Waals surface area contributed by atoms with E-state index in [9.17, 15) is 14.9 Å². The van der Waals surface area contributed by atoms with Gasteiger partial charge in [0.1, 0.15) is 29.4 Å². The van der Waals surface area contributed by atoms with E-state index in [1.165, 1.54) is 6.92 Å². The summed E-state index contributed by atoms with van der Waals surface area (Å²) in [5, 5.41) is 15.5. The third-order valence-corrected chi connectivity index (χ3v) is 6.18. The lowest BCUT2D eigenvalue weighted by Crippen LogP contribution is -2.52. The van der Waals surface area contributed by atoms with Crippen molar-refractivity contribution >= 4 is 17.6 Å². The molecule has 0 saturated carbocycles. The summed E-state index contributed by atoms with van der Waals surface area (Å²) < 4.78 is 10.7. The van der Waals surface area contributed by atoms with Gasteiger partial charge in [0.25, 0.3) is 0 Å². The number of nitrogens with one attached hydrogen (secondary N) is 2. The second-order valence-electron chi connectivity index (χ2n) is 8.80. The van der Waals surface area contributed by atoms with Crippen LogP contribution in [0.25, 0.3) is 0 Å². The molecule has 2 amide bonds. The Hall–Kier alpha value is -3.80. The van der Waals surface area contributed by atoms with Crippen molar-refractivity contribution in [3.8, 4) is 17.6 Å². The summed E-state index contributed by atoms with van der Waals surface area (Å²) in [5.41, 5.74) is 3.14. The monoisotopic (exact) mass is 479 g/mol. The second kappa shape index (κ2) is 11.6. The van der Waals surface area contributed by atoms with Crippen molar-refractivity contribution in [3.63, 3.8) is 0 Å². The van der Waals surface area contributed by atoms with Crippen LogP contribution in [0, 0.1) is 25.2 Å². The van der Waals surface area contributed by atoms with Crippen molar-refractivity contribution in [2.24, 2.45) is 0 Å². The van der Waals surface area contributed by atoms with Crippen LogP contribution in [0.1, 0.15) is 42.1 Å². The molecule has 1 aliphatic heterocycles. The predicted molar refractivity (Wildman–Crippen MR) is 133 cm³/mol. The van der Waals surface area contributed by atoms with Gasteiger partial charge >= 0.3 is 0 Å². The standard InChI is InChI=1S/C26H33N5O4/c1-16-12-17(2)28-25(22(16)15-27)31-10-8-20(9-11-31)30-26(33)23(29-18(3)32)14-19-13-21(34-4)6-7-24(19)35-5/h6-7,12-13,20,23H,8-11,14H2,1-5H3,(H,29,32)(H,30,33)/t23-/m0/s1. The molecular formula is C26H33N5O4.